The maximum absolute atomic E-state index is 11.4. The number of hydrogen-bond acceptors (Lipinski definition) is 12. The van der Waals surface area contributed by atoms with Gasteiger partial charge in [-0.3, -0.25) is 0 Å². The van der Waals surface area contributed by atoms with Crippen molar-refractivity contribution in [1.82, 2.24) is 0 Å². The van der Waals surface area contributed by atoms with Gasteiger partial charge in [-0.15, -0.1) is 0 Å². The third-order valence-corrected chi connectivity index (χ3v) is 5.13. The minimum Gasteiger partial charge on any atom is -0.467 e. The number of nitrogens with two attached hydrogens (primary N) is 2. The largest absolute Gasteiger partial charge is 0.467 e. The molecule has 0 aromatic carbocycles. The number of methoxy groups -OCH3 is 1. The van der Waals surface area contributed by atoms with Crippen LogP contribution in [0.25, 0.3) is 0 Å². The highest BCUT2D eigenvalue weighted by Gasteiger charge is 2.54. The van der Waals surface area contributed by atoms with Crippen molar-refractivity contribution in [2.45, 2.75) is 74.8 Å². The first-order chi connectivity index (χ1) is 13.7. The third-order valence-electron chi connectivity index (χ3n) is 5.13. The van der Waals surface area contributed by atoms with E-state index >= 15 is 0 Å². The number of aliphatic hydroxyl groups is 2. The molecule has 6 N–H and O–H groups in total. The summed E-state index contributed by atoms with van der Waals surface area (Å²) in [4.78, 5) is 11.4. The van der Waals surface area contributed by atoms with Gasteiger partial charge in [0, 0.05) is 0 Å². The summed E-state index contributed by atoms with van der Waals surface area (Å²) in [6, 6.07) is -0.944. The van der Waals surface area contributed by atoms with Crippen LogP contribution in [0.15, 0.2) is 0 Å². The van der Waals surface area contributed by atoms with E-state index < -0.39 is 80.2 Å². The van der Waals surface area contributed by atoms with Gasteiger partial charge in [0.1, 0.15) is 49.5 Å². The van der Waals surface area contributed by atoms with E-state index in [4.69, 9.17) is 39.9 Å². The van der Waals surface area contributed by atoms with Crippen LogP contribution in [0.1, 0.15) is 13.8 Å². The summed E-state index contributed by atoms with van der Waals surface area (Å²) in [6.07, 6.45) is -6.37. The smallest absolute Gasteiger partial charge is 0.331 e. The van der Waals surface area contributed by atoms with Gasteiger partial charge in [0.15, 0.2) is 12.1 Å². The molecular weight excluding hydrogens is 392 g/mol. The van der Waals surface area contributed by atoms with Gasteiger partial charge in [-0.1, -0.05) is 0 Å². The highest BCUT2D eigenvalue weighted by Crippen LogP contribution is 2.37. The molecule has 3 rings (SSSR count). The first-order valence-electron chi connectivity index (χ1n) is 9.43. The molecule has 0 spiro atoms. The Bertz CT molecular complexity index is 578. The number of hydrogen-bond donors (Lipinski definition) is 4. The summed E-state index contributed by atoms with van der Waals surface area (Å²) in [5, 5.41) is 19.8. The fourth-order valence-electron chi connectivity index (χ4n) is 3.71. The number of aliphatic hydroxyl groups excluding tert-OH is 2. The van der Waals surface area contributed by atoms with Crippen LogP contribution in [-0.4, -0.2) is 104 Å². The summed E-state index contributed by atoms with van der Waals surface area (Å²) >= 11 is 0. The molecule has 3 aliphatic heterocycles. The van der Waals surface area contributed by atoms with Gasteiger partial charge < -0.3 is 54.8 Å². The van der Waals surface area contributed by atoms with Crippen molar-refractivity contribution >= 4 is 5.97 Å². The molecule has 3 fully saturated rings. The van der Waals surface area contributed by atoms with Crippen molar-refractivity contribution in [1.29, 1.82) is 0 Å². The predicted octanol–water partition coefficient (Wildman–Crippen LogP) is -2.83. The van der Waals surface area contributed by atoms with Crippen LogP contribution in [0.2, 0.25) is 0 Å². The van der Waals surface area contributed by atoms with Gasteiger partial charge in [0.2, 0.25) is 0 Å². The van der Waals surface area contributed by atoms with Gasteiger partial charge in [0.25, 0.3) is 0 Å². The fraction of sp³-hybridized carbons (Fsp3) is 0.941. The monoisotopic (exact) mass is 422 g/mol. The van der Waals surface area contributed by atoms with Crippen LogP contribution in [-0.2, 0) is 38.0 Å². The summed E-state index contributed by atoms with van der Waals surface area (Å²) in [5.74, 6) is -1.42. The van der Waals surface area contributed by atoms with Gasteiger partial charge in [-0.05, 0) is 13.8 Å². The van der Waals surface area contributed by atoms with E-state index in [2.05, 4.69) is 4.74 Å². The molecule has 0 aromatic heterocycles. The lowest BCUT2D eigenvalue weighted by Gasteiger charge is -2.42. The molecule has 12 heteroatoms. The van der Waals surface area contributed by atoms with Gasteiger partial charge in [-0.25, -0.2) is 4.79 Å². The highest BCUT2D eigenvalue weighted by molar-refractivity contribution is 5.70. The zero-order chi connectivity index (χ0) is 21.3. The molecule has 3 heterocycles. The second kappa shape index (κ2) is 9.06. The first-order valence-corrected chi connectivity index (χ1v) is 9.43. The topological polar surface area (TPSA) is 174 Å². The Hall–Kier alpha value is -0.930. The molecule has 0 amide bonds. The van der Waals surface area contributed by atoms with E-state index in [0.29, 0.717) is 0 Å². The normalized spacial score (nSPS) is 43.9. The molecule has 0 saturated carbocycles. The lowest BCUT2D eigenvalue weighted by atomic mass is 9.97. The number of carbonyl (C=O) groups excluding carboxylic acids is 1. The number of fused-ring (bicyclic) bond motifs is 1. The second-order valence-electron chi connectivity index (χ2n) is 7.68. The van der Waals surface area contributed by atoms with Crippen LogP contribution in [0.4, 0.5) is 0 Å². The standard InChI is InChI=1S/C17H30N2O10/c1-17(2)28-12-8(26-15(19)14(12)29-17)5-25-16-10(18)13(24-6-9(21)23-3)11(22)7(4-20)27-16/h7-8,10-16,20,22H,4-6,18-19H2,1-3H3/t7?,8-,10?,11+,12-,13-,14?,15?,16?/m1/s1. The number of esters is 1. The molecular formula is C17H30N2O10. The van der Waals surface area contributed by atoms with E-state index in [9.17, 15) is 15.0 Å². The van der Waals surface area contributed by atoms with E-state index in [1.807, 2.05) is 0 Å². The second-order valence-corrected chi connectivity index (χ2v) is 7.68. The van der Waals surface area contributed by atoms with Crippen LogP contribution >= 0.6 is 0 Å². The minimum atomic E-state index is -1.26. The average molecular weight is 422 g/mol. The van der Waals surface area contributed by atoms with Crippen LogP contribution in [0.3, 0.4) is 0 Å². The van der Waals surface area contributed by atoms with Crippen molar-refractivity contribution in [3.63, 3.8) is 0 Å². The lowest BCUT2D eigenvalue weighted by Crippen LogP contribution is -2.63. The minimum absolute atomic E-state index is 0.0185. The molecule has 168 valence electrons. The lowest BCUT2D eigenvalue weighted by molar-refractivity contribution is -0.280. The van der Waals surface area contributed by atoms with Crippen LogP contribution in [0.5, 0.6) is 0 Å². The quantitative estimate of drug-likeness (QED) is 0.310. The third kappa shape index (κ3) is 4.88. The summed E-state index contributed by atoms with van der Waals surface area (Å²) < 4.78 is 38.5. The Morgan fingerprint density at radius 2 is 1.79 bits per heavy atom. The van der Waals surface area contributed by atoms with Gasteiger partial charge in [0.05, 0.1) is 26.4 Å². The maximum Gasteiger partial charge on any atom is 0.331 e. The fourth-order valence-corrected chi connectivity index (χ4v) is 3.71. The van der Waals surface area contributed by atoms with Crippen molar-refractivity contribution < 1.29 is 48.2 Å². The summed E-state index contributed by atoms with van der Waals surface area (Å²) in [6.45, 7) is 2.68. The van der Waals surface area contributed by atoms with Crippen LogP contribution in [0, 0.1) is 0 Å². The molecule has 9 atom stereocenters. The maximum atomic E-state index is 11.4. The van der Waals surface area contributed by atoms with Crippen molar-refractivity contribution in [3.8, 4) is 0 Å². The Kier molecular flexibility index (Phi) is 7.10. The Balaban J connectivity index is 1.61. The van der Waals surface area contributed by atoms with Crippen molar-refractivity contribution in [2.24, 2.45) is 11.5 Å². The Morgan fingerprint density at radius 3 is 2.45 bits per heavy atom. The zero-order valence-electron chi connectivity index (χ0n) is 16.6. The molecule has 0 aliphatic carbocycles. The SMILES string of the molecule is COC(=O)CO[C@@H]1C(N)C(OC[C@H]2OC(N)C3OC(C)(C)O[C@@H]32)OC(CO)[C@@H]1O. The molecule has 0 aromatic rings. The van der Waals surface area contributed by atoms with E-state index in [1.165, 1.54) is 7.11 Å². The molecule has 29 heavy (non-hydrogen) atoms. The first kappa shape index (κ1) is 22.7. The number of ether oxygens (including phenoxy) is 7. The Labute approximate surface area is 168 Å². The van der Waals surface area contributed by atoms with Crippen molar-refractivity contribution in [3.05, 3.63) is 0 Å². The van der Waals surface area contributed by atoms with Gasteiger partial charge in [-0.2, -0.15) is 0 Å². The number of rotatable bonds is 7. The zero-order valence-corrected chi connectivity index (χ0v) is 16.6. The summed E-state index contributed by atoms with van der Waals surface area (Å²) in [7, 11) is 1.21. The molecule has 12 nitrogen and oxygen atoms in total. The Morgan fingerprint density at radius 1 is 1.10 bits per heavy atom. The summed E-state index contributed by atoms with van der Waals surface area (Å²) in [5.41, 5.74) is 12.1. The van der Waals surface area contributed by atoms with E-state index in [0.717, 1.165) is 0 Å². The molecule has 0 bridgehead atoms. The van der Waals surface area contributed by atoms with Crippen molar-refractivity contribution in [2.75, 3.05) is 26.9 Å². The molecule has 3 saturated heterocycles. The van der Waals surface area contributed by atoms with E-state index in [-0.39, 0.29) is 6.61 Å². The number of carbonyl (C=O) groups is 1. The molecule has 0 radical (unpaired) electrons. The van der Waals surface area contributed by atoms with E-state index in [1.54, 1.807) is 13.8 Å². The highest BCUT2D eigenvalue weighted by atomic mass is 16.8. The van der Waals surface area contributed by atoms with Crippen LogP contribution < -0.4 is 11.5 Å². The molecule has 5 unspecified atom stereocenters. The average Bonchev–Trinajstić information content (AvgIpc) is 3.14. The molecule has 3 aliphatic rings. The van der Waals surface area contributed by atoms with Gasteiger partial charge >= 0.3 is 5.97 Å². The predicted molar refractivity (Wildman–Crippen MR) is 94.1 cm³/mol.